The summed E-state index contributed by atoms with van der Waals surface area (Å²) in [6, 6.07) is 13.6. The van der Waals surface area contributed by atoms with Crippen LogP contribution in [-0.4, -0.2) is 40.1 Å². The van der Waals surface area contributed by atoms with Crippen LogP contribution < -0.4 is 10.1 Å². The lowest BCUT2D eigenvalue weighted by molar-refractivity contribution is -0.118. The Labute approximate surface area is 171 Å². The van der Waals surface area contributed by atoms with Crippen molar-refractivity contribution < 1.29 is 9.53 Å². The molecule has 29 heavy (non-hydrogen) atoms. The number of rotatable bonds is 7. The highest BCUT2D eigenvalue weighted by atomic mass is 16.5. The zero-order valence-electron chi connectivity index (χ0n) is 17.1. The molecular weight excluding hydrogens is 364 g/mol. The lowest BCUT2D eigenvalue weighted by atomic mass is 10.2. The summed E-state index contributed by atoms with van der Waals surface area (Å²) in [5.74, 6) is 1.64. The molecule has 1 saturated heterocycles. The summed E-state index contributed by atoms with van der Waals surface area (Å²) in [5.41, 5.74) is 3.77. The second kappa shape index (κ2) is 8.66. The van der Waals surface area contributed by atoms with E-state index in [1.165, 1.54) is 12.8 Å². The Morgan fingerprint density at radius 1 is 1.17 bits per heavy atom. The zero-order chi connectivity index (χ0) is 20.2. The largest absolute Gasteiger partial charge is 0.483 e. The lowest BCUT2D eigenvalue weighted by Crippen LogP contribution is -2.21. The van der Waals surface area contributed by atoms with Gasteiger partial charge in [0.05, 0.1) is 17.6 Å². The number of fused-ring (bicyclic) bond motifs is 1. The van der Waals surface area contributed by atoms with Crippen molar-refractivity contribution in [2.75, 3.05) is 25.0 Å². The van der Waals surface area contributed by atoms with Crippen molar-refractivity contribution in [2.24, 2.45) is 0 Å². The summed E-state index contributed by atoms with van der Waals surface area (Å²) in [4.78, 5) is 19.6. The molecule has 1 aromatic heterocycles. The molecule has 2 aromatic carbocycles. The fourth-order valence-electron chi connectivity index (χ4n) is 3.93. The van der Waals surface area contributed by atoms with Crippen LogP contribution in [0.1, 0.15) is 31.2 Å². The molecule has 0 aliphatic carbocycles. The first-order valence-corrected chi connectivity index (χ1v) is 10.3. The van der Waals surface area contributed by atoms with E-state index in [-0.39, 0.29) is 12.5 Å². The number of imidazole rings is 1. The molecule has 0 radical (unpaired) electrons. The molecule has 6 nitrogen and oxygen atoms in total. The summed E-state index contributed by atoms with van der Waals surface area (Å²) < 4.78 is 7.90. The summed E-state index contributed by atoms with van der Waals surface area (Å²) in [7, 11) is 0. The molecule has 1 aliphatic heterocycles. The molecule has 0 unspecified atom stereocenters. The van der Waals surface area contributed by atoms with Gasteiger partial charge in [0.2, 0.25) is 0 Å². The van der Waals surface area contributed by atoms with Crippen LogP contribution in [0.4, 0.5) is 5.69 Å². The first-order valence-electron chi connectivity index (χ1n) is 10.3. The van der Waals surface area contributed by atoms with Crippen molar-refractivity contribution in [1.29, 1.82) is 0 Å². The third kappa shape index (κ3) is 4.43. The van der Waals surface area contributed by atoms with Gasteiger partial charge >= 0.3 is 0 Å². The van der Waals surface area contributed by atoms with Crippen molar-refractivity contribution in [3.8, 4) is 5.75 Å². The number of aryl methyl sites for hydroxylation is 2. The van der Waals surface area contributed by atoms with Crippen molar-refractivity contribution in [3.05, 3.63) is 53.9 Å². The van der Waals surface area contributed by atoms with E-state index in [4.69, 9.17) is 9.72 Å². The van der Waals surface area contributed by atoms with Gasteiger partial charge in [0.15, 0.2) is 6.61 Å². The molecule has 1 aliphatic rings. The predicted molar refractivity (Wildman–Crippen MR) is 115 cm³/mol. The van der Waals surface area contributed by atoms with E-state index in [1.54, 1.807) is 0 Å². The first-order chi connectivity index (χ1) is 14.1. The number of carbonyl (C=O) groups is 1. The maximum Gasteiger partial charge on any atom is 0.262 e. The van der Waals surface area contributed by atoms with Crippen LogP contribution in [0.5, 0.6) is 5.75 Å². The van der Waals surface area contributed by atoms with Crippen LogP contribution in [0.3, 0.4) is 0 Å². The standard InChI is InChI=1S/C23H28N4O2/c1-3-27-20-11-10-18(14-19(20)25-22(27)15-26-12-6-7-13-26)24-23(28)16-29-21-9-5-4-8-17(21)2/h4-5,8-11,14H,3,6-7,12-13,15-16H2,1-2H3,(H,24,28). The molecule has 4 rings (SSSR count). The average molecular weight is 393 g/mol. The van der Waals surface area contributed by atoms with E-state index in [1.807, 2.05) is 49.4 Å². The number of hydrogen-bond acceptors (Lipinski definition) is 4. The van der Waals surface area contributed by atoms with Gasteiger partial charge < -0.3 is 14.6 Å². The molecule has 1 amide bonds. The maximum absolute atomic E-state index is 12.3. The number of nitrogens with zero attached hydrogens (tertiary/aromatic N) is 3. The number of nitrogens with one attached hydrogen (secondary N) is 1. The molecule has 0 saturated carbocycles. The Morgan fingerprint density at radius 2 is 1.97 bits per heavy atom. The van der Waals surface area contributed by atoms with Crippen LogP contribution in [0.25, 0.3) is 11.0 Å². The van der Waals surface area contributed by atoms with Gasteiger partial charge in [-0.2, -0.15) is 0 Å². The number of para-hydroxylation sites is 1. The number of likely N-dealkylation sites (tertiary alicyclic amines) is 1. The second-order valence-electron chi connectivity index (χ2n) is 7.56. The Bertz CT molecular complexity index is 1010. The van der Waals surface area contributed by atoms with E-state index < -0.39 is 0 Å². The topological polar surface area (TPSA) is 59.4 Å². The predicted octanol–water partition coefficient (Wildman–Crippen LogP) is 3.98. The van der Waals surface area contributed by atoms with Crippen molar-refractivity contribution in [1.82, 2.24) is 14.5 Å². The Kier molecular flexibility index (Phi) is 5.81. The second-order valence-corrected chi connectivity index (χ2v) is 7.56. The van der Waals surface area contributed by atoms with Gasteiger partial charge in [-0.15, -0.1) is 0 Å². The molecule has 0 atom stereocenters. The van der Waals surface area contributed by atoms with Crippen LogP contribution in [0.15, 0.2) is 42.5 Å². The minimum absolute atomic E-state index is 0.0213. The molecular formula is C23H28N4O2. The molecule has 1 N–H and O–H groups in total. The molecule has 3 aromatic rings. The minimum atomic E-state index is -0.181. The number of amides is 1. The van der Waals surface area contributed by atoms with E-state index >= 15 is 0 Å². The smallest absolute Gasteiger partial charge is 0.262 e. The van der Waals surface area contributed by atoms with E-state index in [2.05, 4.69) is 21.7 Å². The number of aromatic nitrogens is 2. The summed E-state index contributed by atoms with van der Waals surface area (Å²) in [5, 5.41) is 2.92. The van der Waals surface area contributed by atoms with Gasteiger partial charge in [0.1, 0.15) is 11.6 Å². The van der Waals surface area contributed by atoms with E-state index in [0.717, 1.165) is 60.0 Å². The van der Waals surface area contributed by atoms with Crippen LogP contribution >= 0.6 is 0 Å². The average Bonchev–Trinajstić information content (AvgIpc) is 3.34. The molecule has 2 heterocycles. The third-order valence-corrected chi connectivity index (χ3v) is 5.44. The number of carbonyl (C=O) groups excluding carboxylic acids is 1. The minimum Gasteiger partial charge on any atom is -0.483 e. The molecule has 152 valence electrons. The highest BCUT2D eigenvalue weighted by Crippen LogP contribution is 2.23. The quantitative estimate of drug-likeness (QED) is 0.661. The number of anilines is 1. The Morgan fingerprint density at radius 3 is 2.72 bits per heavy atom. The SMILES string of the molecule is CCn1c(CN2CCCC2)nc2cc(NC(=O)COc3ccccc3C)ccc21. The highest BCUT2D eigenvalue weighted by Gasteiger charge is 2.17. The van der Waals surface area contributed by atoms with Gasteiger partial charge in [-0.3, -0.25) is 9.69 Å². The summed E-state index contributed by atoms with van der Waals surface area (Å²) in [6.07, 6.45) is 2.54. The van der Waals surface area contributed by atoms with Crippen LogP contribution in [-0.2, 0) is 17.9 Å². The monoisotopic (exact) mass is 392 g/mol. The Balaban J connectivity index is 1.45. The normalized spacial score (nSPS) is 14.4. The maximum atomic E-state index is 12.3. The van der Waals surface area contributed by atoms with Crippen LogP contribution in [0.2, 0.25) is 0 Å². The fourth-order valence-corrected chi connectivity index (χ4v) is 3.93. The molecule has 1 fully saturated rings. The van der Waals surface area contributed by atoms with Gasteiger partial charge in [-0.05, 0) is 69.6 Å². The van der Waals surface area contributed by atoms with E-state index in [0.29, 0.717) is 0 Å². The van der Waals surface area contributed by atoms with Crippen LogP contribution in [0, 0.1) is 6.92 Å². The molecule has 0 spiro atoms. The van der Waals surface area contributed by atoms with Gasteiger partial charge in [-0.25, -0.2) is 4.98 Å². The van der Waals surface area contributed by atoms with Gasteiger partial charge in [-0.1, -0.05) is 18.2 Å². The molecule has 6 heteroatoms. The molecule has 0 bridgehead atoms. The van der Waals surface area contributed by atoms with Gasteiger partial charge in [0, 0.05) is 12.2 Å². The number of benzene rings is 2. The van der Waals surface area contributed by atoms with E-state index in [9.17, 15) is 4.79 Å². The highest BCUT2D eigenvalue weighted by molar-refractivity contribution is 5.94. The first kappa shape index (κ1) is 19.5. The number of ether oxygens (including phenoxy) is 1. The third-order valence-electron chi connectivity index (χ3n) is 5.44. The van der Waals surface area contributed by atoms with Gasteiger partial charge in [0.25, 0.3) is 5.91 Å². The van der Waals surface area contributed by atoms with Crippen molar-refractivity contribution >= 4 is 22.6 Å². The summed E-state index contributed by atoms with van der Waals surface area (Å²) >= 11 is 0. The number of hydrogen-bond donors (Lipinski definition) is 1. The van der Waals surface area contributed by atoms with Crippen molar-refractivity contribution in [2.45, 2.75) is 39.8 Å². The Hall–Kier alpha value is -2.86. The summed E-state index contributed by atoms with van der Waals surface area (Å²) in [6.45, 7) is 8.15. The lowest BCUT2D eigenvalue weighted by Gasteiger charge is -2.14. The van der Waals surface area contributed by atoms with Crippen molar-refractivity contribution in [3.63, 3.8) is 0 Å². The fraction of sp³-hybridized carbons (Fsp3) is 0.391. The zero-order valence-corrected chi connectivity index (χ0v) is 17.1.